The van der Waals surface area contributed by atoms with Crippen molar-refractivity contribution in [3.8, 4) is 5.75 Å². The van der Waals surface area contributed by atoms with E-state index in [1.807, 2.05) is 30.4 Å². The number of fused-ring (bicyclic) bond motifs is 3. The Hall–Kier alpha value is -3.12. The number of carbonyl (C=O) groups excluding carboxylic acids is 1. The van der Waals surface area contributed by atoms with E-state index in [-0.39, 0.29) is 5.91 Å². The van der Waals surface area contributed by atoms with Gasteiger partial charge in [0.05, 0.1) is 19.4 Å². The Morgan fingerprint density at radius 2 is 1.97 bits per heavy atom. The maximum Gasteiger partial charge on any atom is 0.223 e. The molecule has 0 saturated carbocycles. The predicted molar refractivity (Wildman–Crippen MR) is 124 cm³/mol. The summed E-state index contributed by atoms with van der Waals surface area (Å²) in [6.07, 6.45) is 5.72. The normalized spacial score (nSPS) is 14.9. The zero-order valence-corrected chi connectivity index (χ0v) is 18.9. The Kier molecular flexibility index (Phi) is 7.22. The average Bonchev–Trinajstić information content (AvgIpc) is 3.19. The van der Waals surface area contributed by atoms with Gasteiger partial charge in [-0.3, -0.25) is 9.48 Å². The lowest BCUT2D eigenvalue weighted by atomic mass is 10.00. The molecule has 1 aliphatic heterocycles. The number of benzene rings is 2. The third-order valence-electron chi connectivity index (χ3n) is 5.70. The van der Waals surface area contributed by atoms with Crippen LogP contribution in [0.2, 0.25) is 0 Å². The Bertz CT molecular complexity index is 1060. The second-order valence-electron chi connectivity index (χ2n) is 8.41. The van der Waals surface area contributed by atoms with Crippen LogP contribution in [0.5, 0.6) is 5.75 Å². The number of carbonyl (C=O) groups is 1. The number of aromatic nitrogens is 2. The second kappa shape index (κ2) is 10.5. The van der Waals surface area contributed by atoms with Crippen LogP contribution in [0.4, 0.5) is 0 Å². The van der Waals surface area contributed by atoms with E-state index in [2.05, 4.69) is 48.4 Å². The molecule has 1 aromatic heterocycles. The molecule has 2 aromatic carbocycles. The van der Waals surface area contributed by atoms with E-state index in [0.717, 1.165) is 23.3 Å². The summed E-state index contributed by atoms with van der Waals surface area (Å²) in [5.41, 5.74) is 5.81. The molecule has 2 heterocycles. The van der Waals surface area contributed by atoms with Crippen molar-refractivity contribution < 1.29 is 14.3 Å². The van der Waals surface area contributed by atoms with Crippen molar-refractivity contribution in [2.45, 2.75) is 32.7 Å². The van der Waals surface area contributed by atoms with Crippen LogP contribution in [0.1, 0.15) is 34.2 Å². The molecule has 0 unspecified atom stereocenters. The van der Waals surface area contributed by atoms with Crippen LogP contribution >= 0.6 is 0 Å². The average molecular weight is 434 g/mol. The molecule has 0 radical (unpaired) electrons. The van der Waals surface area contributed by atoms with Crippen LogP contribution in [0.3, 0.4) is 0 Å². The Balaban J connectivity index is 1.51. The molecule has 0 aliphatic carbocycles. The highest BCUT2D eigenvalue weighted by atomic mass is 16.5. The smallest absolute Gasteiger partial charge is 0.223 e. The van der Waals surface area contributed by atoms with Crippen molar-refractivity contribution in [1.82, 2.24) is 14.7 Å². The SMILES string of the molecule is Cc1ccc2c(c1)Cc1cccc(c1)CN(C(=O)CCc1cnn(C)c1)CCOCCO2. The summed E-state index contributed by atoms with van der Waals surface area (Å²) in [4.78, 5) is 14.9. The minimum atomic E-state index is 0.132. The Morgan fingerprint density at radius 1 is 1.09 bits per heavy atom. The van der Waals surface area contributed by atoms with Gasteiger partial charge in [-0.1, -0.05) is 42.0 Å². The molecule has 1 amide bonds. The van der Waals surface area contributed by atoms with Gasteiger partial charge in [-0.05, 0) is 41.7 Å². The molecular weight excluding hydrogens is 402 g/mol. The van der Waals surface area contributed by atoms with Crippen molar-refractivity contribution >= 4 is 5.91 Å². The summed E-state index contributed by atoms with van der Waals surface area (Å²) in [5.74, 6) is 1.04. The summed E-state index contributed by atoms with van der Waals surface area (Å²) in [6, 6.07) is 14.8. The topological polar surface area (TPSA) is 56.6 Å². The van der Waals surface area contributed by atoms with Gasteiger partial charge in [0.1, 0.15) is 12.4 Å². The third kappa shape index (κ3) is 5.98. The van der Waals surface area contributed by atoms with Gasteiger partial charge >= 0.3 is 0 Å². The fraction of sp³-hybridized carbons (Fsp3) is 0.385. The van der Waals surface area contributed by atoms with Gasteiger partial charge in [0.2, 0.25) is 5.91 Å². The number of rotatable bonds is 3. The van der Waals surface area contributed by atoms with Crippen LogP contribution < -0.4 is 4.74 Å². The predicted octanol–water partition coefficient (Wildman–Crippen LogP) is 3.69. The maximum absolute atomic E-state index is 13.0. The highest BCUT2D eigenvalue weighted by Gasteiger charge is 2.16. The molecule has 0 N–H and O–H groups in total. The summed E-state index contributed by atoms with van der Waals surface area (Å²) < 4.78 is 13.6. The first-order valence-corrected chi connectivity index (χ1v) is 11.2. The first kappa shape index (κ1) is 22.1. The molecule has 4 rings (SSSR count). The van der Waals surface area contributed by atoms with Crippen molar-refractivity contribution in [2.75, 3.05) is 26.4 Å². The van der Waals surface area contributed by atoms with Crippen molar-refractivity contribution in [3.05, 3.63) is 82.7 Å². The van der Waals surface area contributed by atoms with E-state index >= 15 is 0 Å². The number of nitrogens with zero attached hydrogens (tertiary/aromatic N) is 3. The zero-order chi connectivity index (χ0) is 22.3. The largest absolute Gasteiger partial charge is 0.491 e. The molecule has 1 aliphatic rings. The van der Waals surface area contributed by atoms with Gasteiger partial charge < -0.3 is 14.4 Å². The van der Waals surface area contributed by atoms with Crippen molar-refractivity contribution in [3.63, 3.8) is 0 Å². The highest BCUT2D eigenvalue weighted by molar-refractivity contribution is 5.76. The van der Waals surface area contributed by atoms with Crippen LogP contribution in [-0.4, -0.2) is 47.0 Å². The molecule has 168 valence electrons. The lowest BCUT2D eigenvalue weighted by Crippen LogP contribution is -2.34. The minimum Gasteiger partial charge on any atom is -0.491 e. The number of amides is 1. The molecule has 0 atom stereocenters. The molecule has 2 bridgehead atoms. The second-order valence-corrected chi connectivity index (χ2v) is 8.41. The van der Waals surface area contributed by atoms with Gasteiger partial charge in [-0.2, -0.15) is 5.10 Å². The zero-order valence-electron chi connectivity index (χ0n) is 18.9. The van der Waals surface area contributed by atoms with Gasteiger partial charge in [0.25, 0.3) is 0 Å². The van der Waals surface area contributed by atoms with E-state index in [9.17, 15) is 4.79 Å². The monoisotopic (exact) mass is 433 g/mol. The molecule has 0 spiro atoms. The molecular formula is C26H31N3O3. The Morgan fingerprint density at radius 3 is 2.81 bits per heavy atom. The van der Waals surface area contributed by atoms with Gasteiger partial charge in [-0.25, -0.2) is 0 Å². The van der Waals surface area contributed by atoms with Gasteiger partial charge in [0, 0.05) is 39.2 Å². The van der Waals surface area contributed by atoms with E-state index in [1.54, 1.807) is 4.68 Å². The fourth-order valence-electron chi connectivity index (χ4n) is 4.06. The molecule has 3 aromatic rings. The van der Waals surface area contributed by atoms with Crippen molar-refractivity contribution in [1.29, 1.82) is 0 Å². The summed E-state index contributed by atoms with van der Waals surface area (Å²) in [6.45, 7) is 4.72. The maximum atomic E-state index is 13.0. The number of hydrogen-bond acceptors (Lipinski definition) is 4. The summed E-state index contributed by atoms with van der Waals surface area (Å²) >= 11 is 0. The fourth-order valence-corrected chi connectivity index (χ4v) is 4.06. The van der Waals surface area contributed by atoms with Crippen molar-refractivity contribution in [2.24, 2.45) is 7.05 Å². The third-order valence-corrected chi connectivity index (χ3v) is 5.70. The number of ether oxygens (including phenoxy) is 2. The molecule has 6 nitrogen and oxygen atoms in total. The van der Waals surface area contributed by atoms with Crippen LogP contribution in [0, 0.1) is 6.92 Å². The van der Waals surface area contributed by atoms with Crippen LogP contribution in [0.15, 0.2) is 54.9 Å². The van der Waals surface area contributed by atoms with E-state index in [1.165, 1.54) is 16.7 Å². The lowest BCUT2D eigenvalue weighted by molar-refractivity contribution is -0.132. The summed E-state index contributed by atoms with van der Waals surface area (Å²) in [7, 11) is 1.89. The first-order chi connectivity index (χ1) is 15.6. The molecule has 6 heteroatoms. The van der Waals surface area contributed by atoms with E-state index in [0.29, 0.717) is 45.8 Å². The minimum absolute atomic E-state index is 0.132. The van der Waals surface area contributed by atoms with E-state index < -0.39 is 0 Å². The molecule has 0 fully saturated rings. The Labute approximate surface area is 189 Å². The summed E-state index contributed by atoms with van der Waals surface area (Å²) in [5, 5.41) is 4.19. The highest BCUT2D eigenvalue weighted by Crippen LogP contribution is 2.24. The number of aryl methyl sites for hydroxylation is 3. The molecule has 0 saturated heterocycles. The number of hydrogen-bond donors (Lipinski definition) is 0. The lowest BCUT2D eigenvalue weighted by Gasteiger charge is -2.24. The first-order valence-electron chi connectivity index (χ1n) is 11.2. The van der Waals surface area contributed by atoms with Crippen LogP contribution in [0.25, 0.3) is 0 Å². The molecule has 32 heavy (non-hydrogen) atoms. The van der Waals surface area contributed by atoms with Gasteiger partial charge in [-0.15, -0.1) is 0 Å². The van der Waals surface area contributed by atoms with E-state index in [4.69, 9.17) is 9.47 Å². The van der Waals surface area contributed by atoms with Crippen LogP contribution in [-0.2, 0) is 36.0 Å². The quantitative estimate of drug-likeness (QED) is 0.632. The van der Waals surface area contributed by atoms with Gasteiger partial charge in [0.15, 0.2) is 0 Å². The standard InChI is InChI=1S/C26H31N3O3/c1-20-6-8-25-24(14-20)16-21-4-3-5-22(15-21)19-29(10-11-31-12-13-32-25)26(30)9-7-23-17-27-28(2)18-23/h3-6,8,14-15,17-18H,7,9-13,16,19H2,1-2H3.